The Bertz CT molecular complexity index is 1590. The van der Waals surface area contributed by atoms with Crippen molar-refractivity contribution in [2.45, 2.75) is 25.6 Å². The molecule has 4 aromatic rings. The first-order chi connectivity index (χ1) is 21.8. The van der Waals surface area contributed by atoms with E-state index in [0.29, 0.717) is 29.6 Å². The summed E-state index contributed by atoms with van der Waals surface area (Å²) in [7, 11) is 3.15. The van der Waals surface area contributed by atoms with Crippen LogP contribution >= 0.6 is 0 Å². The maximum absolute atomic E-state index is 13.9. The van der Waals surface area contributed by atoms with Gasteiger partial charge in [-0.3, -0.25) is 4.79 Å². The fourth-order valence-electron chi connectivity index (χ4n) is 5.23. The molecule has 2 unspecified atom stereocenters. The molecule has 0 spiro atoms. The summed E-state index contributed by atoms with van der Waals surface area (Å²) in [6.45, 7) is 2.34. The molecule has 0 radical (unpaired) electrons. The van der Waals surface area contributed by atoms with Gasteiger partial charge in [-0.05, 0) is 84.6 Å². The third kappa shape index (κ3) is 6.85. The van der Waals surface area contributed by atoms with Crippen LogP contribution in [-0.2, 0) is 11.2 Å². The molecule has 232 valence electrons. The number of ether oxygens (including phenoxy) is 4. The number of methoxy groups -OCH3 is 2. The minimum atomic E-state index is -1.07. The number of hydrogen-bond acceptors (Lipinski definition) is 7. The Labute approximate surface area is 261 Å². The summed E-state index contributed by atoms with van der Waals surface area (Å²) in [6.07, 6.45) is -0.688. The van der Waals surface area contributed by atoms with Gasteiger partial charge in [0.2, 0.25) is 5.91 Å². The highest BCUT2D eigenvalue weighted by atomic mass is 16.5. The van der Waals surface area contributed by atoms with Gasteiger partial charge in [-0.1, -0.05) is 42.5 Å². The summed E-state index contributed by atoms with van der Waals surface area (Å²) in [5.41, 5.74) is 2.44. The molecule has 1 aliphatic rings. The summed E-state index contributed by atoms with van der Waals surface area (Å²) < 4.78 is 22.6. The number of β-lactam (4-membered cyclic amide) rings is 1. The summed E-state index contributed by atoms with van der Waals surface area (Å²) >= 11 is 0. The first kappa shape index (κ1) is 30.9. The standard InChI is InChI=1S/C35H34N2O8/c1-4-44-30-8-6-5-7-25(30)21-29-32(38)37(33(29)45-28-19-13-24(14-20-28)34(39)40)35(41)36-31(22-9-15-26(42-2)16-10-22)23-11-17-27(43-3)18-12-23/h5-20,29,31,33H,4,21H2,1-3H3,(H,36,41)(H,39,40). The number of nitrogens with zero attached hydrogens (tertiary/aromatic N) is 1. The molecule has 5 rings (SSSR count). The van der Waals surface area contributed by atoms with Crippen LogP contribution in [0.5, 0.6) is 23.0 Å². The van der Waals surface area contributed by atoms with Crippen molar-refractivity contribution < 1.29 is 38.4 Å². The zero-order valence-electron chi connectivity index (χ0n) is 25.1. The average molecular weight is 611 g/mol. The second-order valence-electron chi connectivity index (χ2n) is 10.3. The predicted octanol–water partition coefficient (Wildman–Crippen LogP) is 5.71. The third-order valence-electron chi connectivity index (χ3n) is 7.61. The molecule has 45 heavy (non-hydrogen) atoms. The minimum Gasteiger partial charge on any atom is -0.497 e. The van der Waals surface area contributed by atoms with Gasteiger partial charge in [-0.15, -0.1) is 0 Å². The molecule has 0 aromatic heterocycles. The van der Waals surface area contributed by atoms with Crippen LogP contribution in [0.1, 0.15) is 40.0 Å². The fraction of sp³-hybridized carbons (Fsp3) is 0.229. The lowest BCUT2D eigenvalue weighted by Crippen LogP contribution is -2.68. The maximum Gasteiger partial charge on any atom is 0.335 e. The normalized spacial score (nSPS) is 15.6. The number of likely N-dealkylation sites (tertiary alicyclic amines) is 1. The number of aromatic carboxylic acids is 1. The SMILES string of the molecule is CCOc1ccccc1CC1C(=O)N(C(=O)NC(c2ccc(OC)cc2)c2ccc(OC)cc2)C1Oc1ccc(C(=O)O)cc1. The van der Waals surface area contributed by atoms with E-state index in [2.05, 4.69) is 5.32 Å². The quantitative estimate of drug-likeness (QED) is 0.196. The molecule has 10 heteroatoms. The Balaban J connectivity index is 1.45. The molecule has 2 atom stereocenters. The van der Waals surface area contributed by atoms with Gasteiger partial charge >= 0.3 is 12.0 Å². The summed E-state index contributed by atoms with van der Waals surface area (Å²) in [6, 6.07) is 26.6. The molecule has 3 amide bonds. The number of imide groups is 1. The monoisotopic (exact) mass is 610 g/mol. The van der Waals surface area contributed by atoms with E-state index in [9.17, 15) is 19.5 Å². The van der Waals surface area contributed by atoms with Gasteiger partial charge < -0.3 is 29.4 Å². The van der Waals surface area contributed by atoms with Crippen LogP contribution in [0, 0.1) is 5.92 Å². The molecule has 1 fully saturated rings. The van der Waals surface area contributed by atoms with Crippen molar-refractivity contribution in [2.75, 3.05) is 20.8 Å². The van der Waals surface area contributed by atoms with Crippen molar-refractivity contribution in [3.8, 4) is 23.0 Å². The van der Waals surface area contributed by atoms with Crippen LogP contribution in [0.25, 0.3) is 0 Å². The number of rotatable bonds is 12. The van der Waals surface area contributed by atoms with Crippen LogP contribution in [-0.4, -0.2) is 55.0 Å². The van der Waals surface area contributed by atoms with Crippen molar-refractivity contribution in [1.82, 2.24) is 10.2 Å². The van der Waals surface area contributed by atoms with Crippen molar-refractivity contribution in [3.63, 3.8) is 0 Å². The molecule has 4 aromatic carbocycles. The highest BCUT2D eigenvalue weighted by molar-refractivity contribution is 6.01. The number of carboxylic acids is 1. The second-order valence-corrected chi connectivity index (χ2v) is 10.3. The molecular formula is C35H34N2O8. The Morgan fingerprint density at radius 2 is 1.38 bits per heavy atom. The van der Waals surface area contributed by atoms with E-state index in [1.54, 1.807) is 38.5 Å². The molecule has 10 nitrogen and oxygen atoms in total. The van der Waals surface area contributed by atoms with Gasteiger partial charge in [0.05, 0.1) is 38.3 Å². The van der Waals surface area contributed by atoms with Gasteiger partial charge in [-0.25, -0.2) is 14.5 Å². The number of para-hydroxylation sites is 1. The van der Waals surface area contributed by atoms with Gasteiger partial charge in [0, 0.05) is 0 Å². The molecule has 0 aliphatic carbocycles. The highest BCUT2D eigenvalue weighted by Gasteiger charge is 2.53. The Morgan fingerprint density at radius 3 is 1.91 bits per heavy atom. The summed E-state index contributed by atoms with van der Waals surface area (Å²) in [5, 5.41) is 12.3. The van der Waals surface area contributed by atoms with Gasteiger partial charge in [0.1, 0.15) is 23.0 Å². The van der Waals surface area contributed by atoms with Gasteiger partial charge in [-0.2, -0.15) is 0 Å². The van der Waals surface area contributed by atoms with E-state index in [-0.39, 0.29) is 12.0 Å². The lowest BCUT2D eigenvalue weighted by molar-refractivity contribution is -0.166. The van der Waals surface area contributed by atoms with Crippen LogP contribution in [0.2, 0.25) is 0 Å². The van der Waals surface area contributed by atoms with Crippen molar-refractivity contribution in [1.29, 1.82) is 0 Å². The van der Waals surface area contributed by atoms with Crippen molar-refractivity contribution >= 4 is 17.9 Å². The topological polar surface area (TPSA) is 124 Å². The number of carbonyl (C=O) groups is 3. The molecule has 1 heterocycles. The van der Waals surface area contributed by atoms with Crippen molar-refractivity contribution in [3.05, 3.63) is 119 Å². The highest BCUT2D eigenvalue weighted by Crippen LogP contribution is 2.36. The van der Waals surface area contributed by atoms with Gasteiger partial charge in [0.15, 0.2) is 6.23 Å². The van der Waals surface area contributed by atoms with E-state index in [0.717, 1.165) is 21.6 Å². The number of carbonyl (C=O) groups excluding carboxylic acids is 2. The second kappa shape index (κ2) is 13.9. The number of urea groups is 1. The van der Waals surface area contributed by atoms with E-state index >= 15 is 0 Å². The van der Waals surface area contributed by atoms with Crippen LogP contribution in [0.4, 0.5) is 4.79 Å². The van der Waals surface area contributed by atoms with E-state index in [1.807, 2.05) is 55.5 Å². The summed E-state index contributed by atoms with van der Waals surface area (Å²) in [4.78, 5) is 40.0. The van der Waals surface area contributed by atoms with E-state index < -0.39 is 36.1 Å². The Hall–Kier alpha value is -5.51. The average Bonchev–Trinajstić information content (AvgIpc) is 3.07. The number of hydrogen-bond donors (Lipinski definition) is 2. The zero-order valence-corrected chi connectivity index (χ0v) is 25.1. The molecule has 1 saturated heterocycles. The first-order valence-electron chi connectivity index (χ1n) is 14.4. The maximum atomic E-state index is 13.9. The molecule has 1 aliphatic heterocycles. The Kier molecular flexibility index (Phi) is 9.52. The predicted molar refractivity (Wildman–Crippen MR) is 166 cm³/mol. The fourth-order valence-corrected chi connectivity index (χ4v) is 5.23. The van der Waals surface area contributed by atoms with E-state index in [1.165, 1.54) is 24.3 Å². The largest absolute Gasteiger partial charge is 0.497 e. The lowest BCUT2D eigenvalue weighted by Gasteiger charge is -2.45. The third-order valence-corrected chi connectivity index (χ3v) is 7.61. The number of benzene rings is 4. The smallest absolute Gasteiger partial charge is 0.335 e. The van der Waals surface area contributed by atoms with Crippen molar-refractivity contribution in [2.24, 2.45) is 5.92 Å². The Morgan fingerprint density at radius 1 is 0.822 bits per heavy atom. The summed E-state index contributed by atoms with van der Waals surface area (Å²) in [5.74, 6) is 0.114. The van der Waals surface area contributed by atoms with Crippen LogP contribution < -0.4 is 24.3 Å². The first-order valence-corrected chi connectivity index (χ1v) is 14.4. The van der Waals surface area contributed by atoms with Crippen LogP contribution in [0.15, 0.2) is 97.1 Å². The van der Waals surface area contributed by atoms with Gasteiger partial charge in [0.25, 0.3) is 0 Å². The minimum absolute atomic E-state index is 0.0886. The molecule has 0 bridgehead atoms. The molecule has 2 N–H and O–H groups in total. The molecule has 0 saturated carbocycles. The molecular weight excluding hydrogens is 576 g/mol. The number of carboxylic acid groups (broad SMARTS) is 1. The van der Waals surface area contributed by atoms with E-state index in [4.69, 9.17) is 18.9 Å². The van der Waals surface area contributed by atoms with Crippen LogP contribution in [0.3, 0.4) is 0 Å². The zero-order chi connectivity index (χ0) is 31.9. The number of nitrogens with one attached hydrogen (secondary N) is 1. The lowest BCUT2D eigenvalue weighted by atomic mass is 9.88. The number of amides is 3.